The van der Waals surface area contributed by atoms with E-state index < -0.39 is 0 Å². The molecule has 0 radical (unpaired) electrons. The number of aromatic nitrogens is 3. The summed E-state index contributed by atoms with van der Waals surface area (Å²) in [5.41, 5.74) is 8.36. The first-order valence-corrected chi connectivity index (χ1v) is 6.31. The fourth-order valence-corrected chi connectivity index (χ4v) is 2.29. The van der Waals surface area contributed by atoms with Gasteiger partial charge in [-0.3, -0.25) is 0 Å². The van der Waals surface area contributed by atoms with E-state index >= 15 is 0 Å². The van der Waals surface area contributed by atoms with Crippen molar-refractivity contribution in [2.45, 2.75) is 0 Å². The van der Waals surface area contributed by atoms with Crippen molar-refractivity contribution in [2.75, 3.05) is 18.9 Å². The maximum atomic E-state index is 5.60. The number of nitrogen functional groups attached to an aromatic ring is 1. The predicted octanol–water partition coefficient (Wildman–Crippen LogP) is 1.75. The van der Waals surface area contributed by atoms with E-state index in [-0.39, 0.29) is 5.95 Å². The maximum Gasteiger partial charge on any atom is 0.240 e. The standard InChI is InChI=1S/C14H12N4O2/c15-14-16-13-4-2-10(8-18(13)17-14)9-1-3-11-12(7-9)20-6-5-19-11/h1-4,7-8H,5-6H2,(H2,15,17). The molecular formula is C14H12N4O2. The van der Waals surface area contributed by atoms with E-state index in [0.717, 1.165) is 28.3 Å². The second-order valence-corrected chi connectivity index (χ2v) is 4.55. The van der Waals surface area contributed by atoms with Crippen LogP contribution < -0.4 is 15.2 Å². The summed E-state index contributed by atoms with van der Waals surface area (Å²) in [7, 11) is 0. The first-order chi connectivity index (χ1) is 9.79. The van der Waals surface area contributed by atoms with Crippen molar-refractivity contribution in [3.63, 3.8) is 0 Å². The van der Waals surface area contributed by atoms with Crippen LogP contribution in [0.3, 0.4) is 0 Å². The zero-order valence-corrected chi connectivity index (χ0v) is 10.6. The number of hydrogen-bond acceptors (Lipinski definition) is 5. The van der Waals surface area contributed by atoms with Gasteiger partial charge in [0.25, 0.3) is 0 Å². The molecule has 0 atom stereocenters. The Hall–Kier alpha value is -2.76. The molecule has 0 fully saturated rings. The Bertz CT molecular complexity index is 797. The van der Waals surface area contributed by atoms with Crippen molar-refractivity contribution in [1.82, 2.24) is 14.6 Å². The van der Waals surface area contributed by atoms with Crippen molar-refractivity contribution >= 4 is 11.6 Å². The molecule has 0 unspecified atom stereocenters. The highest BCUT2D eigenvalue weighted by molar-refractivity contribution is 5.68. The van der Waals surface area contributed by atoms with E-state index in [4.69, 9.17) is 15.2 Å². The number of pyridine rings is 1. The molecule has 6 heteroatoms. The monoisotopic (exact) mass is 268 g/mol. The predicted molar refractivity (Wildman–Crippen MR) is 73.8 cm³/mol. The van der Waals surface area contributed by atoms with E-state index in [1.807, 2.05) is 36.5 Å². The smallest absolute Gasteiger partial charge is 0.240 e. The molecule has 0 aliphatic carbocycles. The van der Waals surface area contributed by atoms with Crippen LogP contribution >= 0.6 is 0 Å². The van der Waals surface area contributed by atoms with Gasteiger partial charge in [0.15, 0.2) is 17.1 Å². The lowest BCUT2D eigenvalue weighted by atomic mass is 10.1. The first-order valence-electron chi connectivity index (χ1n) is 6.31. The van der Waals surface area contributed by atoms with Gasteiger partial charge in [-0.25, -0.2) is 4.52 Å². The van der Waals surface area contributed by atoms with Gasteiger partial charge in [0.05, 0.1) is 0 Å². The van der Waals surface area contributed by atoms with Crippen LogP contribution in [-0.4, -0.2) is 27.8 Å². The molecule has 3 heterocycles. The van der Waals surface area contributed by atoms with Gasteiger partial charge in [0.1, 0.15) is 13.2 Å². The molecule has 0 bridgehead atoms. The van der Waals surface area contributed by atoms with Gasteiger partial charge < -0.3 is 15.2 Å². The second-order valence-electron chi connectivity index (χ2n) is 4.55. The van der Waals surface area contributed by atoms with Crippen LogP contribution in [0.1, 0.15) is 0 Å². The van der Waals surface area contributed by atoms with Gasteiger partial charge in [-0.2, -0.15) is 4.98 Å². The second kappa shape index (κ2) is 4.12. The van der Waals surface area contributed by atoms with E-state index in [0.29, 0.717) is 13.2 Å². The molecule has 2 N–H and O–H groups in total. The van der Waals surface area contributed by atoms with Crippen molar-refractivity contribution in [2.24, 2.45) is 0 Å². The van der Waals surface area contributed by atoms with E-state index in [1.165, 1.54) is 0 Å². The molecule has 4 rings (SSSR count). The molecule has 0 saturated carbocycles. The fraction of sp³-hybridized carbons (Fsp3) is 0.143. The SMILES string of the molecule is Nc1nc2ccc(-c3ccc4c(c3)OCCO4)cn2n1. The number of nitrogens with two attached hydrogens (primary N) is 1. The van der Waals surface area contributed by atoms with Crippen LogP contribution in [-0.2, 0) is 0 Å². The van der Waals surface area contributed by atoms with Crippen molar-refractivity contribution < 1.29 is 9.47 Å². The number of fused-ring (bicyclic) bond motifs is 2. The summed E-state index contributed by atoms with van der Waals surface area (Å²) in [4.78, 5) is 4.10. The molecule has 0 amide bonds. The highest BCUT2D eigenvalue weighted by Crippen LogP contribution is 2.34. The van der Waals surface area contributed by atoms with Crippen molar-refractivity contribution in [3.05, 3.63) is 36.5 Å². The fourth-order valence-electron chi connectivity index (χ4n) is 2.29. The minimum Gasteiger partial charge on any atom is -0.486 e. The third-order valence-electron chi connectivity index (χ3n) is 3.22. The third kappa shape index (κ3) is 1.73. The lowest BCUT2D eigenvalue weighted by Crippen LogP contribution is -2.15. The molecule has 1 aromatic carbocycles. The number of ether oxygens (including phenoxy) is 2. The molecule has 3 aromatic rings. The normalized spacial score (nSPS) is 13.6. The quantitative estimate of drug-likeness (QED) is 0.727. The Labute approximate surface area is 114 Å². The van der Waals surface area contributed by atoms with Crippen molar-refractivity contribution in [1.29, 1.82) is 0 Å². The highest BCUT2D eigenvalue weighted by atomic mass is 16.6. The summed E-state index contributed by atoms with van der Waals surface area (Å²) >= 11 is 0. The lowest BCUT2D eigenvalue weighted by molar-refractivity contribution is 0.171. The van der Waals surface area contributed by atoms with Gasteiger partial charge in [-0.1, -0.05) is 6.07 Å². The topological polar surface area (TPSA) is 74.7 Å². The third-order valence-corrected chi connectivity index (χ3v) is 3.22. The molecule has 100 valence electrons. The van der Waals surface area contributed by atoms with Crippen LogP contribution in [0.4, 0.5) is 5.95 Å². The lowest BCUT2D eigenvalue weighted by Gasteiger charge is -2.18. The number of hydrogen-bond donors (Lipinski definition) is 1. The Kier molecular flexibility index (Phi) is 2.29. The molecule has 0 saturated heterocycles. The van der Waals surface area contributed by atoms with E-state index in [9.17, 15) is 0 Å². The molecule has 1 aliphatic rings. The minimum absolute atomic E-state index is 0.268. The molecule has 0 spiro atoms. The minimum atomic E-state index is 0.268. The number of anilines is 1. The van der Waals surface area contributed by atoms with Crippen LogP contribution in [0.15, 0.2) is 36.5 Å². The van der Waals surface area contributed by atoms with Gasteiger partial charge in [-0.15, -0.1) is 5.10 Å². The summed E-state index contributed by atoms with van der Waals surface area (Å²) in [5, 5.41) is 4.11. The summed E-state index contributed by atoms with van der Waals surface area (Å²) < 4.78 is 12.8. The number of benzene rings is 1. The van der Waals surface area contributed by atoms with Crippen LogP contribution in [0, 0.1) is 0 Å². The van der Waals surface area contributed by atoms with Gasteiger partial charge in [0.2, 0.25) is 5.95 Å². The van der Waals surface area contributed by atoms with E-state index in [2.05, 4.69) is 10.1 Å². The zero-order chi connectivity index (χ0) is 13.5. The van der Waals surface area contributed by atoms with Crippen LogP contribution in [0.2, 0.25) is 0 Å². The Morgan fingerprint density at radius 3 is 2.70 bits per heavy atom. The molecule has 20 heavy (non-hydrogen) atoms. The van der Waals surface area contributed by atoms with Crippen molar-refractivity contribution in [3.8, 4) is 22.6 Å². The Morgan fingerprint density at radius 1 is 1.00 bits per heavy atom. The Balaban J connectivity index is 1.81. The zero-order valence-electron chi connectivity index (χ0n) is 10.6. The summed E-state index contributed by atoms with van der Waals surface area (Å²) in [5.74, 6) is 1.82. The summed E-state index contributed by atoms with van der Waals surface area (Å²) in [6.07, 6.45) is 1.89. The largest absolute Gasteiger partial charge is 0.486 e. The molecular weight excluding hydrogens is 256 g/mol. The molecule has 6 nitrogen and oxygen atoms in total. The van der Waals surface area contributed by atoms with Crippen LogP contribution in [0.5, 0.6) is 11.5 Å². The number of rotatable bonds is 1. The molecule has 1 aliphatic heterocycles. The average Bonchev–Trinajstić information content (AvgIpc) is 2.85. The summed E-state index contributed by atoms with van der Waals surface area (Å²) in [6, 6.07) is 9.75. The van der Waals surface area contributed by atoms with Gasteiger partial charge >= 0.3 is 0 Å². The molecule has 2 aromatic heterocycles. The number of nitrogens with zero attached hydrogens (tertiary/aromatic N) is 3. The van der Waals surface area contributed by atoms with Crippen LogP contribution in [0.25, 0.3) is 16.8 Å². The van der Waals surface area contributed by atoms with E-state index in [1.54, 1.807) is 4.52 Å². The Morgan fingerprint density at radius 2 is 1.80 bits per heavy atom. The summed E-state index contributed by atoms with van der Waals surface area (Å²) in [6.45, 7) is 1.17. The van der Waals surface area contributed by atoms with Gasteiger partial charge in [-0.05, 0) is 29.8 Å². The maximum absolute atomic E-state index is 5.60. The highest BCUT2D eigenvalue weighted by Gasteiger charge is 2.12. The van der Waals surface area contributed by atoms with Gasteiger partial charge in [0, 0.05) is 11.8 Å². The first kappa shape index (κ1) is 11.1. The average molecular weight is 268 g/mol.